The van der Waals surface area contributed by atoms with Crippen molar-refractivity contribution in [2.75, 3.05) is 18.1 Å². The van der Waals surface area contributed by atoms with E-state index in [0.29, 0.717) is 12.8 Å². The zero-order valence-electron chi connectivity index (χ0n) is 14.2. The highest BCUT2D eigenvalue weighted by molar-refractivity contribution is 7.92. The molecule has 0 heterocycles. The van der Waals surface area contributed by atoms with Crippen LogP contribution in [0.25, 0.3) is 0 Å². The number of hydrogen-bond donors (Lipinski definition) is 2. The Morgan fingerprint density at radius 2 is 1.87 bits per heavy atom. The Labute approximate surface area is 139 Å². The van der Waals surface area contributed by atoms with Gasteiger partial charge in [0.15, 0.2) is 9.84 Å². The average molecular weight is 340 g/mol. The Morgan fingerprint density at radius 1 is 1.26 bits per heavy atom. The minimum Gasteiger partial charge on any atom is -0.349 e. The molecule has 0 aliphatic heterocycles. The third kappa shape index (κ3) is 6.71. The number of hydrogen-bond acceptors (Lipinski definition) is 4. The van der Waals surface area contributed by atoms with Gasteiger partial charge in [0, 0.05) is 6.54 Å². The van der Waals surface area contributed by atoms with Crippen LogP contribution < -0.4 is 11.1 Å². The fourth-order valence-corrected chi connectivity index (χ4v) is 3.40. The molecular weight excluding hydrogens is 312 g/mol. The number of benzene rings is 1. The lowest BCUT2D eigenvalue weighted by atomic mass is 9.88. The average Bonchev–Trinajstić information content (AvgIpc) is 2.47. The second-order valence-electron chi connectivity index (χ2n) is 6.51. The Balaban J connectivity index is 2.49. The molecule has 1 aromatic carbocycles. The molecule has 0 saturated heterocycles. The van der Waals surface area contributed by atoms with E-state index < -0.39 is 27.0 Å². The van der Waals surface area contributed by atoms with Crippen LogP contribution in [-0.4, -0.2) is 37.9 Å². The fourth-order valence-electron chi connectivity index (χ4n) is 2.20. The van der Waals surface area contributed by atoms with Crippen molar-refractivity contribution in [3.8, 4) is 0 Å². The van der Waals surface area contributed by atoms with Crippen molar-refractivity contribution < 1.29 is 13.2 Å². The molecule has 1 rings (SSSR count). The van der Waals surface area contributed by atoms with Crippen molar-refractivity contribution in [2.45, 2.75) is 39.2 Å². The molecule has 1 amide bonds. The van der Waals surface area contributed by atoms with Crippen molar-refractivity contribution in [3.05, 3.63) is 35.9 Å². The summed E-state index contributed by atoms with van der Waals surface area (Å²) in [6, 6.07) is 9.71. The third-order valence-corrected chi connectivity index (χ3v) is 5.85. The lowest BCUT2D eigenvalue weighted by Gasteiger charge is -2.33. The molecule has 1 atom stereocenters. The highest BCUT2D eigenvalue weighted by Crippen LogP contribution is 2.14. The zero-order chi connectivity index (χ0) is 17.5. The van der Waals surface area contributed by atoms with E-state index in [4.69, 9.17) is 5.73 Å². The van der Waals surface area contributed by atoms with Gasteiger partial charge in [0.25, 0.3) is 0 Å². The minimum atomic E-state index is -3.41. The molecule has 0 saturated carbocycles. The van der Waals surface area contributed by atoms with Gasteiger partial charge in [-0.1, -0.05) is 44.2 Å². The van der Waals surface area contributed by atoms with Gasteiger partial charge < -0.3 is 11.1 Å². The Hall–Kier alpha value is -1.40. The maximum Gasteiger partial charge on any atom is 0.235 e. The Morgan fingerprint density at radius 3 is 2.39 bits per heavy atom. The van der Waals surface area contributed by atoms with Crippen LogP contribution in [0.3, 0.4) is 0 Å². The van der Waals surface area contributed by atoms with E-state index in [0.717, 1.165) is 5.56 Å². The maximum atomic E-state index is 12.1. The molecule has 0 aliphatic rings. The van der Waals surface area contributed by atoms with Gasteiger partial charge in [-0.2, -0.15) is 0 Å². The fraction of sp³-hybridized carbons (Fsp3) is 0.588. The summed E-state index contributed by atoms with van der Waals surface area (Å²) in [6.07, 6.45) is 1.20. The molecule has 0 fully saturated rings. The minimum absolute atomic E-state index is 0.0103. The van der Waals surface area contributed by atoms with Gasteiger partial charge in [-0.25, -0.2) is 8.42 Å². The number of sulfone groups is 1. The first kappa shape index (κ1) is 19.6. The van der Waals surface area contributed by atoms with Crippen LogP contribution in [0.15, 0.2) is 30.3 Å². The summed E-state index contributed by atoms with van der Waals surface area (Å²) >= 11 is 0. The second-order valence-corrected chi connectivity index (χ2v) is 8.69. The first-order chi connectivity index (χ1) is 10.7. The molecule has 130 valence electrons. The predicted molar refractivity (Wildman–Crippen MR) is 93.9 cm³/mol. The SMILES string of the molecule is CC(C)C(C)(CN)NC(=O)CS(=O)(=O)CCCc1ccccc1. The molecule has 0 radical (unpaired) electrons. The maximum absolute atomic E-state index is 12.1. The van der Waals surface area contributed by atoms with E-state index in [1.807, 2.05) is 51.1 Å². The van der Waals surface area contributed by atoms with E-state index in [9.17, 15) is 13.2 Å². The number of amides is 1. The summed E-state index contributed by atoms with van der Waals surface area (Å²) in [5, 5.41) is 2.76. The molecule has 0 aromatic heterocycles. The van der Waals surface area contributed by atoms with Gasteiger partial charge in [0.2, 0.25) is 5.91 Å². The monoisotopic (exact) mass is 340 g/mol. The molecule has 5 nitrogen and oxygen atoms in total. The van der Waals surface area contributed by atoms with Gasteiger partial charge in [-0.05, 0) is 31.2 Å². The second kappa shape index (κ2) is 8.45. The first-order valence-electron chi connectivity index (χ1n) is 7.94. The number of nitrogens with one attached hydrogen (secondary N) is 1. The molecule has 0 spiro atoms. The van der Waals surface area contributed by atoms with Crippen molar-refractivity contribution in [2.24, 2.45) is 11.7 Å². The van der Waals surface area contributed by atoms with Crippen LogP contribution in [0.1, 0.15) is 32.8 Å². The first-order valence-corrected chi connectivity index (χ1v) is 9.76. The van der Waals surface area contributed by atoms with Crippen molar-refractivity contribution in [1.82, 2.24) is 5.32 Å². The van der Waals surface area contributed by atoms with E-state index >= 15 is 0 Å². The van der Waals surface area contributed by atoms with Gasteiger partial charge >= 0.3 is 0 Å². The number of carbonyl (C=O) groups is 1. The Kier molecular flexibility index (Phi) is 7.22. The van der Waals surface area contributed by atoms with Crippen molar-refractivity contribution >= 4 is 15.7 Å². The summed E-state index contributed by atoms with van der Waals surface area (Å²) in [4.78, 5) is 12.0. The van der Waals surface area contributed by atoms with Crippen LogP contribution in [0.5, 0.6) is 0 Å². The molecule has 1 unspecified atom stereocenters. The van der Waals surface area contributed by atoms with Crippen molar-refractivity contribution in [1.29, 1.82) is 0 Å². The third-order valence-electron chi connectivity index (χ3n) is 4.24. The van der Waals surface area contributed by atoms with Gasteiger partial charge in [0.05, 0.1) is 11.3 Å². The smallest absolute Gasteiger partial charge is 0.235 e. The summed E-state index contributed by atoms with van der Waals surface area (Å²) in [6.45, 7) is 5.99. The molecular formula is C17H28N2O3S. The van der Waals surface area contributed by atoms with Crippen molar-refractivity contribution in [3.63, 3.8) is 0 Å². The van der Waals surface area contributed by atoms with Gasteiger partial charge in [0.1, 0.15) is 5.75 Å². The van der Waals surface area contributed by atoms with Gasteiger partial charge in [-0.3, -0.25) is 4.79 Å². The molecule has 0 bridgehead atoms. The largest absolute Gasteiger partial charge is 0.349 e. The van der Waals surface area contributed by atoms with Crippen LogP contribution in [0, 0.1) is 5.92 Å². The van der Waals surface area contributed by atoms with E-state index in [1.165, 1.54) is 0 Å². The van der Waals surface area contributed by atoms with E-state index in [-0.39, 0.29) is 18.2 Å². The van der Waals surface area contributed by atoms with E-state index in [1.54, 1.807) is 0 Å². The van der Waals surface area contributed by atoms with Crippen LogP contribution in [0.2, 0.25) is 0 Å². The van der Waals surface area contributed by atoms with Crippen LogP contribution in [0.4, 0.5) is 0 Å². The van der Waals surface area contributed by atoms with Crippen LogP contribution in [-0.2, 0) is 21.1 Å². The highest BCUT2D eigenvalue weighted by Gasteiger charge is 2.30. The highest BCUT2D eigenvalue weighted by atomic mass is 32.2. The lowest BCUT2D eigenvalue weighted by molar-refractivity contribution is -0.120. The zero-order valence-corrected chi connectivity index (χ0v) is 15.0. The topological polar surface area (TPSA) is 89.3 Å². The summed E-state index contributed by atoms with van der Waals surface area (Å²) in [5.74, 6) is -0.830. The number of aryl methyl sites for hydroxylation is 1. The van der Waals surface area contributed by atoms with Crippen LogP contribution >= 0.6 is 0 Å². The number of rotatable bonds is 9. The molecule has 6 heteroatoms. The Bertz CT molecular complexity index is 600. The standard InChI is InChI=1S/C17H28N2O3S/c1-14(2)17(3,13-18)19-16(20)12-23(21,22)11-7-10-15-8-5-4-6-9-15/h4-6,8-9,14H,7,10-13,18H2,1-3H3,(H,19,20). The molecule has 1 aromatic rings. The predicted octanol–water partition coefficient (Wildman–Crippen LogP) is 1.52. The van der Waals surface area contributed by atoms with E-state index in [2.05, 4.69) is 5.32 Å². The molecule has 3 N–H and O–H groups in total. The lowest BCUT2D eigenvalue weighted by Crippen LogP contribution is -2.56. The quantitative estimate of drug-likeness (QED) is 0.713. The summed E-state index contributed by atoms with van der Waals surface area (Å²) in [5.41, 5.74) is 6.21. The molecule has 0 aliphatic carbocycles. The molecule has 23 heavy (non-hydrogen) atoms. The summed E-state index contributed by atoms with van der Waals surface area (Å²) < 4.78 is 24.2. The van der Waals surface area contributed by atoms with Gasteiger partial charge in [-0.15, -0.1) is 0 Å². The summed E-state index contributed by atoms with van der Waals surface area (Å²) in [7, 11) is -3.41. The normalized spacial score (nSPS) is 14.5. The number of nitrogens with two attached hydrogens (primary N) is 1. The number of carbonyl (C=O) groups excluding carboxylic acids is 1.